The monoisotopic (exact) mass is 311 g/mol. The molecule has 0 spiro atoms. The van der Waals surface area contributed by atoms with Crippen molar-refractivity contribution in [1.82, 2.24) is 9.29 Å². The first-order valence-electron chi connectivity index (χ1n) is 7.74. The second-order valence-electron chi connectivity index (χ2n) is 5.59. The van der Waals surface area contributed by atoms with Gasteiger partial charge in [0.15, 0.2) is 0 Å². The van der Waals surface area contributed by atoms with E-state index in [1.807, 2.05) is 6.92 Å². The van der Waals surface area contributed by atoms with Gasteiger partial charge in [-0.05, 0) is 31.4 Å². The van der Waals surface area contributed by atoms with E-state index in [2.05, 4.69) is 10.3 Å². The maximum Gasteiger partial charge on any atom is 0.246 e. The molecule has 1 aromatic rings. The van der Waals surface area contributed by atoms with Crippen molar-refractivity contribution >= 4 is 15.8 Å². The second kappa shape index (κ2) is 7.22. The van der Waals surface area contributed by atoms with Crippen molar-refractivity contribution in [3.05, 3.63) is 18.3 Å². The van der Waals surface area contributed by atoms with E-state index in [-0.39, 0.29) is 10.9 Å². The molecule has 0 amide bonds. The largest absolute Gasteiger partial charge is 0.369 e. The topological polar surface area (TPSA) is 62.3 Å². The Morgan fingerprint density at radius 1 is 1.33 bits per heavy atom. The first-order chi connectivity index (χ1) is 10.1. The number of hydrogen-bond acceptors (Lipinski definition) is 4. The summed E-state index contributed by atoms with van der Waals surface area (Å²) in [5, 5.41) is 3.11. The molecule has 6 heteroatoms. The van der Waals surface area contributed by atoms with Gasteiger partial charge < -0.3 is 5.32 Å². The second-order valence-corrected chi connectivity index (χ2v) is 7.56. The maximum absolute atomic E-state index is 12.9. The van der Waals surface area contributed by atoms with E-state index in [0.29, 0.717) is 12.4 Å². The van der Waals surface area contributed by atoms with Crippen LogP contribution in [0.5, 0.6) is 0 Å². The predicted octanol–water partition coefficient (Wildman–Crippen LogP) is 2.86. The third-order valence-corrected chi connectivity index (χ3v) is 6.00. The van der Waals surface area contributed by atoms with Crippen LogP contribution in [0.2, 0.25) is 0 Å². The lowest BCUT2D eigenvalue weighted by Crippen LogP contribution is -2.38. The van der Waals surface area contributed by atoms with Crippen LogP contribution in [-0.2, 0) is 10.0 Å². The van der Waals surface area contributed by atoms with Gasteiger partial charge in [-0.2, -0.15) is 4.31 Å². The summed E-state index contributed by atoms with van der Waals surface area (Å²) in [7, 11) is -1.79. The van der Waals surface area contributed by atoms with Crippen molar-refractivity contribution in [3.63, 3.8) is 0 Å². The molecule has 1 aliphatic carbocycles. The van der Waals surface area contributed by atoms with Crippen LogP contribution in [0.25, 0.3) is 0 Å². The van der Waals surface area contributed by atoms with Crippen LogP contribution in [-0.4, -0.2) is 37.3 Å². The Balaban J connectivity index is 2.25. The molecule has 0 bridgehead atoms. The molecule has 1 aliphatic rings. The molecule has 0 aliphatic heterocycles. The van der Waals surface area contributed by atoms with E-state index in [1.165, 1.54) is 6.42 Å². The summed E-state index contributed by atoms with van der Waals surface area (Å²) >= 11 is 0. The number of sulfonamides is 1. The SMILES string of the molecule is CCCNc1ncccc1S(=O)(=O)N(C)C1CCCCC1. The molecule has 0 saturated heterocycles. The summed E-state index contributed by atoms with van der Waals surface area (Å²) in [6.45, 7) is 2.75. The van der Waals surface area contributed by atoms with Crippen LogP contribution in [0, 0.1) is 0 Å². The lowest BCUT2D eigenvalue weighted by molar-refractivity contribution is 0.286. The normalized spacial score (nSPS) is 17.1. The van der Waals surface area contributed by atoms with Crippen LogP contribution in [0.4, 0.5) is 5.82 Å². The maximum atomic E-state index is 12.9. The van der Waals surface area contributed by atoms with E-state index in [9.17, 15) is 8.42 Å². The van der Waals surface area contributed by atoms with Crippen LogP contribution in [0.15, 0.2) is 23.2 Å². The van der Waals surface area contributed by atoms with E-state index in [1.54, 1.807) is 29.7 Å². The predicted molar refractivity (Wildman–Crippen MR) is 84.8 cm³/mol. The Morgan fingerprint density at radius 3 is 2.71 bits per heavy atom. The molecule has 118 valence electrons. The fraction of sp³-hybridized carbons (Fsp3) is 0.667. The quantitative estimate of drug-likeness (QED) is 0.877. The number of hydrogen-bond donors (Lipinski definition) is 1. The molecule has 0 radical (unpaired) electrons. The summed E-state index contributed by atoms with van der Waals surface area (Å²) in [4.78, 5) is 4.48. The van der Waals surface area contributed by atoms with Gasteiger partial charge in [-0.25, -0.2) is 13.4 Å². The van der Waals surface area contributed by atoms with Gasteiger partial charge in [-0.15, -0.1) is 0 Å². The minimum absolute atomic E-state index is 0.114. The highest BCUT2D eigenvalue weighted by atomic mass is 32.2. The zero-order valence-corrected chi connectivity index (χ0v) is 13.7. The number of pyridine rings is 1. The number of anilines is 1. The van der Waals surface area contributed by atoms with E-state index in [0.717, 1.165) is 32.1 Å². The molecule has 2 rings (SSSR count). The Morgan fingerprint density at radius 2 is 2.05 bits per heavy atom. The molecule has 1 saturated carbocycles. The standard InChI is InChI=1S/C15H25N3O2S/c1-3-11-16-15-14(10-7-12-17-15)21(19,20)18(2)13-8-5-4-6-9-13/h7,10,12-13H,3-6,8-9,11H2,1-2H3,(H,16,17). The van der Waals surface area contributed by atoms with E-state index < -0.39 is 10.0 Å². The molecule has 1 N–H and O–H groups in total. The van der Waals surface area contributed by atoms with Crippen molar-refractivity contribution in [2.24, 2.45) is 0 Å². The van der Waals surface area contributed by atoms with E-state index in [4.69, 9.17) is 0 Å². The first-order valence-corrected chi connectivity index (χ1v) is 9.18. The summed E-state index contributed by atoms with van der Waals surface area (Å²) in [6, 6.07) is 3.43. The molecular weight excluding hydrogens is 286 g/mol. The van der Waals surface area contributed by atoms with Gasteiger partial charge in [-0.1, -0.05) is 26.2 Å². The van der Waals surface area contributed by atoms with Crippen molar-refractivity contribution in [3.8, 4) is 0 Å². The summed E-state index contributed by atoms with van der Waals surface area (Å²) in [5.74, 6) is 0.460. The smallest absolute Gasteiger partial charge is 0.246 e. The van der Waals surface area contributed by atoms with Gasteiger partial charge in [0, 0.05) is 25.8 Å². The van der Waals surface area contributed by atoms with Gasteiger partial charge in [-0.3, -0.25) is 0 Å². The lowest BCUT2D eigenvalue weighted by atomic mass is 9.96. The number of nitrogens with one attached hydrogen (secondary N) is 1. The lowest BCUT2D eigenvalue weighted by Gasteiger charge is -2.30. The highest BCUT2D eigenvalue weighted by Gasteiger charge is 2.31. The van der Waals surface area contributed by atoms with Gasteiger partial charge in [0.05, 0.1) is 0 Å². The average Bonchev–Trinajstić information content (AvgIpc) is 2.53. The van der Waals surface area contributed by atoms with Crippen LogP contribution in [0.1, 0.15) is 45.4 Å². The molecule has 1 aromatic heterocycles. The van der Waals surface area contributed by atoms with Crippen molar-refractivity contribution in [2.75, 3.05) is 18.9 Å². The average molecular weight is 311 g/mol. The molecule has 1 heterocycles. The number of aromatic nitrogens is 1. The highest BCUT2D eigenvalue weighted by Crippen LogP contribution is 2.28. The fourth-order valence-electron chi connectivity index (χ4n) is 2.77. The highest BCUT2D eigenvalue weighted by molar-refractivity contribution is 7.89. The zero-order valence-electron chi connectivity index (χ0n) is 12.9. The third kappa shape index (κ3) is 3.74. The molecule has 0 atom stereocenters. The van der Waals surface area contributed by atoms with Gasteiger partial charge >= 0.3 is 0 Å². The molecule has 21 heavy (non-hydrogen) atoms. The molecule has 0 aromatic carbocycles. The zero-order chi connectivity index (χ0) is 15.3. The van der Waals surface area contributed by atoms with Crippen molar-refractivity contribution in [1.29, 1.82) is 0 Å². The Bertz CT molecular complexity index is 554. The molecule has 0 unspecified atom stereocenters. The van der Waals surface area contributed by atoms with Gasteiger partial charge in [0.25, 0.3) is 0 Å². The number of nitrogens with zero attached hydrogens (tertiary/aromatic N) is 2. The van der Waals surface area contributed by atoms with Crippen LogP contribution in [0.3, 0.4) is 0 Å². The summed E-state index contributed by atoms with van der Waals surface area (Å²) < 4.78 is 27.3. The minimum atomic E-state index is -3.49. The molecule has 1 fully saturated rings. The fourth-order valence-corrected chi connectivity index (χ4v) is 4.30. The minimum Gasteiger partial charge on any atom is -0.369 e. The van der Waals surface area contributed by atoms with Crippen LogP contribution < -0.4 is 5.32 Å². The van der Waals surface area contributed by atoms with Gasteiger partial charge in [0.2, 0.25) is 10.0 Å². The van der Waals surface area contributed by atoms with Crippen molar-refractivity contribution < 1.29 is 8.42 Å². The summed E-state index contributed by atoms with van der Waals surface area (Å²) in [6.07, 6.45) is 7.88. The van der Waals surface area contributed by atoms with Crippen LogP contribution >= 0.6 is 0 Å². The first kappa shape index (κ1) is 16.2. The Kier molecular flexibility index (Phi) is 5.58. The summed E-state index contributed by atoms with van der Waals surface area (Å²) in [5.41, 5.74) is 0. The van der Waals surface area contributed by atoms with Crippen molar-refractivity contribution in [2.45, 2.75) is 56.4 Å². The van der Waals surface area contributed by atoms with Gasteiger partial charge in [0.1, 0.15) is 10.7 Å². The Hall–Kier alpha value is -1.14. The Labute approximate surface area is 127 Å². The molecular formula is C15H25N3O2S. The number of rotatable bonds is 6. The molecule has 5 nitrogen and oxygen atoms in total. The van der Waals surface area contributed by atoms with E-state index >= 15 is 0 Å². The third-order valence-electron chi connectivity index (χ3n) is 4.06.